The van der Waals surface area contributed by atoms with Crippen LogP contribution >= 0.6 is 22.6 Å². The van der Waals surface area contributed by atoms with Crippen molar-refractivity contribution in [3.63, 3.8) is 0 Å². The predicted octanol–water partition coefficient (Wildman–Crippen LogP) is 2.71. The van der Waals surface area contributed by atoms with Gasteiger partial charge in [0.05, 0.1) is 12.2 Å². The fraction of sp³-hybridized carbons (Fsp3) is 0.333. The van der Waals surface area contributed by atoms with Gasteiger partial charge in [-0.25, -0.2) is 13.6 Å². The standard InChI is InChI=1S/C9H7F2IN2O4/c1-2-18-9(15)4-3-5(12)13-8(14(16)17)6(4)7(10)11/h3,7H,2H2,1H3. The molecule has 6 nitrogen and oxygen atoms in total. The molecule has 0 saturated heterocycles. The zero-order valence-electron chi connectivity index (χ0n) is 9.02. The molecule has 0 N–H and O–H groups in total. The summed E-state index contributed by atoms with van der Waals surface area (Å²) < 4.78 is 30.3. The average Bonchev–Trinajstić information content (AvgIpc) is 2.27. The summed E-state index contributed by atoms with van der Waals surface area (Å²) in [5.41, 5.74) is -1.54. The zero-order valence-corrected chi connectivity index (χ0v) is 11.2. The van der Waals surface area contributed by atoms with E-state index in [9.17, 15) is 23.7 Å². The van der Waals surface area contributed by atoms with Crippen molar-refractivity contribution in [3.8, 4) is 0 Å². The van der Waals surface area contributed by atoms with Crippen LogP contribution in [0.15, 0.2) is 6.07 Å². The lowest BCUT2D eigenvalue weighted by Crippen LogP contribution is -2.12. The van der Waals surface area contributed by atoms with Crippen molar-refractivity contribution in [1.82, 2.24) is 4.98 Å². The van der Waals surface area contributed by atoms with Crippen molar-refractivity contribution in [1.29, 1.82) is 0 Å². The molecule has 0 aliphatic carbocycles. The lowest BCUT2D eigenvalue weighted by atomic mass is 10.1. The molecular weight excluding hydrogens is 365 g/mol. The molecule has 0 aromatic carbocycles. The number of pyridine rings is 1. The highest BCUT2D eigenvalue weighted by Crippen LogP contribution is 2.32. The highest BCUT2D eigenvalue weighted by Gasteiger charge is 2.32. The monoisotopic (exact) mass is 372 g/mol. The van der Waals surface area contributed by atoms with E-state index in [2.05, 4.69) is 9.72 Å². The maximum atomic E-state index is 12.8. The van der Waals surface area contributed by atoms with Gasteiger partial charge in [-0.2, -0.15) is 0 Å². The van der Waals surface area contributed by atoms with Crippen molar-refractivity contribution in [2.45, 2.75) is 13.3 Å². The normalized spacial score (nSPS) is 10.5. The van der Waals surface area contributed by atoms with Crippen LogP contribution in [0, 0.1) is 13.8 Å². The van der Waals surface area contributed by atoms with Gasteiger partial charge in [-0.3, -0.25) is 0 Å². The molecule has 0 saturated carbocycles. The fourth-order valence-corrected chi connectivity index (χ4v) is 1.78. The number of aromatic nitrogens is 1. The van der Waals surface area contributed by atoms with Crippen LogP contribution in [0.3, 0.4) is 0 Å². The van der Waals surface area contributed by atoms with Crippen LogP contribution in [-0.2, 0) is 4.74 Å². The summed E-state index contributed by atoms with van der Waals surface area (Å²) in [5, 5.41) is 10.7. The lowest BCUT2D eigenvalue weighted by Gasteiger charge is -2.08. The molecule has 1 aromatic rings. The Hall–Kier alpha value is -1.39. The van der Waals surface area contributed by atoms with E-state index in [1.807, 2.05) is 0 Å². The Morgan fingerprint density at radius 1 is 1.67 bits per heavy atom. The summed E-state index contributed by atoms with van der Waals surface area (Å²) in [6, 6.07) is 1.03. The second-order valence-corrected chi connectivity index (χ2v) is 4.11. The molecule has 0 radical (unpaired) electrons. The summed E-state index contributed by atoms with van der Waals surface area (Å²) in [6.07, 6.45) is -3.19. The highest BCUT2D eigenvalue weighted by molar-refractivity contribution is 14.1. The van der Waals surface area contributed by atoms with Crippen molar-refractivity contribution < 1.29 is 23.2 Å². The summed E-state index contributed by atoms with van der Waals surface area (Å²) >= 11 is 1.60. The quantitative estimate of drug-likeness (QED) is 0.267. The minimum absolute atomic E-state index is 0.0196. The van der Waals surface area contributed by atoms with Gasteiger partial charge >= 0.3 is 11.8 Å². The molecule has 0 unspecified atom stereocenters. The molecule has 0 aliphatic rings. The zero-order chi connectivity index (χ0) is 13.9. The number of alkyl halides is 2. The number of esters is 1. The molecule has 0 amide bonds. The summed E-state index contributed by atoms with van der Waals surface area (Å²) in [4.78, 5) is 24.5. The summed E-state index contributed by atoms with van der Waals surface area (Å²) in [5.74, 6) is -2.06. The Morgan fingerprint density at radius 2 is 2.28 bits per heavy atom. The Morgan fingerprint density at radius 3 is 2.72 bits per heavy atom. The maximum Gasteiger partial charge on any atom is 0.374 e. The number of rotatable bonds is 4. The van der Waals surface area contributed by atoms with Crippen LogP contribution in [-0.4, -0.2) is 22.5 Å². The van der Waals surface area contributed by atoms with Gasteiger partial charge in [0, 0.05) is 28.7 Å². The van der Waals surface area contributed by atoms with Gasteiger partial charge in [0.15, 0.2) is 0 Å². The van der Waals surface area contributed by atoms with E-state index in [1.54, 1.807) is 22.6 Å². The molecule has 0 bridgehead atoms. The molecular formula is C9H7F2IN2O4. The van der Waals surface area contributed by atoms with Crippen LogP contribution in [0.1, 0.15) is 29.3 Å². The van der Waals surface area contributed by atoms with Crippen molar-refractivity contribution in [2.24, 2.45) is 0 Å². The van der Waals surface area contributed by atoms with Crippen molar-refractivity contribution >= 4 is 34.4 Å². The van der Waals surface area contributed by atoms with Crippen LogP contribution in [0.5, 0.6) is 0 Å². The van der Waals surface area contributed by atoms with Crippen molar-refractivity contribution in [3.05, 3.63) is 31.0 Å². The van der Waals surface area contributed by atoms with Crippen LogP contribution < -0.4 is 0 Å². The Kier molecular flexibility index (Phi) is 4.87. The Labute approximate surface area is 114 Å². The van der Waals surface area contributed by atoms with E-state index in [-0.39, 0.29) is 10.3 Å². The Bertz CT molecular complexity index is 496. The molecule has 18 heavy (non-hydrogen) atoms. The van der Waals surface area contributed by atoms with Crippen molar-refractivity contribution in [2.75, 3.05) is 6.61 Å². The third kappa shape index (κ3) is 3.09. The number of ether oxygens (including phenoxy) is 1. The number of nitro groups is 1. The van der Waals surface area contributed by atoms with Crippen LogP contribution in [0.25, 0.3) is 0 Å². The van der Waals surface area contributed by atoms with Crippen LogP contribution in [0.4, 0.5) is 14.6 Å². The average molecular weight is 372 g/mol. The summed E-state index contributed by atoms with van der Waals surface area (Å²) in [7, 11) is 0. The van der Waals surface area contributed by atoms with Gasteiger partial charge in [0.1, 0.15) is 5.56 Å². The van der Waals surface area contributed by atoms with E-state index < -0.39 is 34.3 Å². The topological polar surface area (TPSA) is 82.3 Å². The van der Waals surface area contributed by atoms with Gasteiger partial charge in [-0.15, -0.1) is 0 Å². The van der Waals surface area contributed by atoms with Gasteiger partial charge in [0.2, 0.25) is 3.70 Å². The molecule has 0 fully saturated rings. The molecule has 0 atom stereocenters. The first-order valence-corrected chi connectivity index (χ1v) is 5.76. The molecule has 98 valence electrons. The summed E-state index contributed by atoms with van der Waals surface area (Å²) in [6.45, 7) is 1.48. The lowest BCUT2D eigenvalue weighted by molar-refractivity contribution is -0.391. The molecule has 1 aromatic heterocycles. The van der Waals surface area contributed by atoms with E-state index >= 15 is 0 Å². The smallest absolute Gasteiger partial charge is 0.374 e. The molecule has 9 heteroatoms. The minimum Gasteiger partial charge on any atom is -0.462 e. The van der Waals surface area contributed by atoms with Gasteiger partial charge in [-0.1, -0.05) is 0 Å². The largest absolute Gasteiger partial charge is 0.462 e. The molecule has 1 heterocycles. The van der Waals surface area contributed by atoms with Gasteiger partial charge < -0.3 is 14.9 Å². The first-order chi connectivity index (χ1) is 8.38. The minimum atomic E-state index is -3.19. The number of hydrogen-bond acceptors (Lipinski definition) is 5. The predicted molar refractivity (Wildman–Crippen MR) is 64.5 cm³/mol. The maximum absolute atomic E-state index is 12.8. The molecule has 1 rings (SSSR count). The third-order valence-corrected chi connectivity index (χ3v) is 2.45. The Balaban J connectivity index is 3.48. The van der Waals surface area contributed by atoms with E-state index in [4.69, 9.17) is 0 Å². The second kappa shape index (κ2) is 5.98. The first-order valence-electron chi connectivity index (χ1n) is 4.68. The van der Waals surface area contributed by atoms with E-state index in [0.29, 0.717) is 0 Å². The number of hydrogen-bond donors (Lipinski definition) is 0. The SMILES string of the molecule is CCOC(=O)c1cc(I)nc([N+](=O)[O-])c1C(F)F. The number of carbonyl (C=O) groups is 1. The van der Waals surface area contributed by atoms with E-state index in [0.717, 1.165) is 6.07 Å². The van der Waals surface area contributed by atoms with Crippen LogP contribution in [0.2, 0.25) is 0 Å². The first kappa shape index (κ1) is 14.7. The van der Waals surface area contributed by atoms with E-state index in [1.165, 1.54) is 6.92 Å². The highest BCUT2D eigenvalue weighted by atomic mass is 127. The molecule has 0 aliphatic heterocycles. The van der Waals surface area contributed by atoms with Gasteiger partial charge in [-0.05, 0) is 16.8 Å². The number of halogens is 3. The number of nitrogens with zero attached hydrogens (tertiary/aromatic N) is 2. The third-order valence-electron chi connectivity index (χ3n) is 1.89. The van der Waals surface area contributed by atoms with Gasteiger partial charge in [0.25, 0.3) is 6.43 Å². The fourth-order valence-electron chi connectivity index (χ4n) is 1.24. The number of carbonyl (C=O) groups excluding carboxylic acids is 1. The molecule has 0 spiro atoms. The second-order valence-electron chi connectivity index (χ2n) is 3.01.